The Bertz CT molecular complexity index is 1120. The number of rotatable bonds is 3. The highest BCUT2D eigenvalue weighted by molar-refractivity contribution is 5.79. The number of ether oxygens (including phenoxy) is 1. The number of hydrogen-bond acceptors (Lipinski definition) is 2. The molecule has 0 atom stereocenters. The highest BCUT2D eigenvalue weighted by Crippen LogP contribution is 2.44. The third-order valence-electron chi connectivity index (χ3n) is 4.93. The second-order valence-corrected chi connectivity index (χ2v) is 6.71. The monoisotopic (exact) mass is 377 g/mol. The first-order valence-corrected chi connectivity index (χ1v) is 9.40. The lowest BCUT2D eigenvalue weighted by molar-refractivity contribution is 0.144. The molecule has 0 fully saturated rings. The first-order chi connectivity index (χ1) is 14.3. The molecule has 0 heterocycles. The van der Waals surface area contributed by atoms with Gasteiger partial charge in [0.25, 0.3) is 0 Å². The van der Waals surface area contributed by atoms with Crippen LogP contribution in [-0.4, -0.2) is 19.2 Å². The van der Waals surface area contributed by atoms with Gasteiger partial charge in [0.15, 0.2) is 0 Å². The van der Waals surface area contributed by atoms with E-state index in [1.54, 1.807) is 0 Å². The molecule has 3 heteroatoms. The second kappa shape index (κ2) is 8.38. The molecule has 3 nitrogen and oxygen atoms in total. The lowest BCUT2D eigenvalue weighted by Crippen LogP contribution is -2.26. The summed E-state index contributed by atoms with van der Waals surface area (Å²) in [4.78, 5) is 12.1. The molecule has 3 aromatic rings. The van der Waals surface area contributed by atoms with Crippen molar-refractivity contribution in [2.24, 2.45) is 0 Å². The van der Waals surface area contributed by atoms with Gasteiger partial charge in [-0.05, 0) is 40.5 Å². The van der Waals surface area contributed by atoms with E-state index in [0.29, 0.717) is 0 Å². The van der Waals surface area contributed by atoms with E-state index in [4.69, 9.17) is 11.2 Å². The van der Waals surface area contributed by atoms with Crippen LogP contribution < -0.4 is 5.32 Å². The minimum Gasteiger partial charge on any atom is -0.449 e. The highest BCUT2D eigenvalue weighted by Gasteiger charge is 2.28. The molecule has 0 aromatic heterocycles. The summed E-state index contributed by atoms with van der Waals surface area (Å²) < 4.78 is 5.48. The van der Waals surface area contributed by atoms with Crippen molar-refractivity contribution in [3.05, 3.63) is 95.1 Å². The van der Waals surface area contributed by atoms with Crippen LogP contribution in [0.4, 0.5) is 4.79 Å². The molecule has 0 saturated carbocycles. The van der Waals surface area contributed by atoms with E-state index >= 15 is 0 Å². The van der Waals surface area contributed by atoms with Gasteiger partial charge >= 0.3 is 6.09 Å². The molecule has 0 spiro atoms. The Balaban J connectivity index is 1.35. The zero-order valence-corrected chi connectivity index (χ0v) is 15.8. The molecular formula is C26H19NO2. The maximum atomic E-state index is 12.1. The minimum atomic E-state index is -0.474. The molecule has 0 unspecified atom stereocenters. The molecule has 1 N–H and O–H groups in total. The Morgan fingerprint density at radius 1 is 0.931 bits per heavy atom. The van der Waals surface area contributed by atoms with E-state index in [2.05, 4.69) is 47.3 Å². The molecule has 4 rings (SSSR count). The van der Waals surface area contributed by atoms with E-state index < -0.39 is 6.09 Å². The van der Waals surface area contributed by atoms with Crippen molar-refractivity contribution in [3.63, 3.8) is 0 Å². The average molecular weight is 377 g/mol. The second-order valence-electron chi connectivity index (χ2n) is 6.71. The molecule has 3 aromatic carbocycles. The minimum absolute atomic E-state index is 0.0470. The summed E-state index contributed by atoms with van der Waals surface area (Å²) in [7, 11) is 0. The zero-order valence-electron chi connectivity index (χ0n) is 15.8. The summed E-state index contributed by atoms with van der Waals surface area (Å²) >= 11 is 0. The Morgan fingerprint density at radius 2 is 1.59 bits per heavy atom. The zero-order chi connectivity index (χ0) is 20.1. The average Bonchev–Trinajstić information content (AvgIpc) is 3.09. The number of carbonyl (C=O) groups is 1. The van der Waals surface area contributed by atoms with Crippen LogP contribution >= 0.6 is 0 Å². The molecule has 1 amide bonds. The maximum Gasteiger partial charge on any atom is 0.407 e. The summed E-state index contributed by atoms with van der Waals surface area (Å²) in [6, 6.07) is 23.9. The SMILES string of the molecule is C#Cc1cccc(C#CCNC(=O)OCC2c3ccccc3-c3ccccc32)c1. The van der Waals surface area contributed by atoms with Crippen LogP contribution in [0.5, 0.6) is 0 Å². The van der Waals surface area contributed by atoms with Crippen LogP contribution in [0.2, 0.25) is 0 Å². The number of fused-ring (bicyclic) bond motifs is 3. The fourth-order valence-electron chi connectivity index (χ4n) is 3.60. The highest BCUT2D eigenvalue weighted by atomic mass is 16.5. The number of amides is 1. The molecule has 0 saturated heterocycles. The first kappa shape index (κ1) is 18.4. The third-order valence-corrected chi connectivity index (χ3v) is 4.93. The maximum absolute atomic E-state index is 12.1. The summed E-state index contributed by atoms with van der Waals surface area (Å²) in [5.74, 6) is 8.52. The Morgan fingerprint density at radius 3 is 2.28 bits per heavy atom. The van der Waals surface area contributed by atoms with Gasteiger partial charge in [-0.2, -0.15) is 0 Å². The number of hydrogen-bond donors (Lipinski definition) is 1. The Labute approximate surface area is 170 Å². The fourth-order valence-corrected chi connectivity index (χ4v) is 3.60. The summed E-state index contributed by atoms with van der Waals surface area (Å²) in [6.07, 6.45) is 4.91. The molecule has 0 radical (unpaired) electrons. The lowest BCUT2D eigenvalue weighted by Gasteiger charge is -2.14. The predicted octanol–water partition coefficient (Wildman–Crippen LogP) is 4.56. The van der Waals surface area contributed by atoms with Crippen molar-refractivity contribution in [2.75, 3.05) is 13.2 Å². The van der Waals surface area contributed by atoms with Crippen molar-refractivity contribution < 1.29 is 9.53 Å². The van der Waals surface area contributed by atoms with E-state index in [1.165, 1.54) is 22.3 Å². The number of benzene rings is 3. The number of alkyl carbamates (subject to hydrolysis) is 1. The van der Waals surface area contributed by atoms with Crippen molar-refractivity contribution in [3.8, 4) is 35.3 Å². The van der Waals surface area contributed by atoms with Crippen LogP contribution in [0.1, 0.15) is 28.2 Å². The standard InChI is InChI=1S/C26H19NO2/c1-2-19-9-7-10-20(17-19)11-8-16-27-26(28)29-18-25-23-14-5-3-12-21(23)22-13-4-6-15-24(22)25/h1,3-7,9-10,12-15,17,25H,16,18H2,(H,27,28). The quantitative estimate of drug-likeness (QED) is 0.680. The van der Waals surface area contributed by atoms with E-state index in [1.807, 2.05) is 48.5 Å². The van der Waals surface area contributed by atoms with Crippen LogP contribution in [0.3, 0.4) is 0 Å². The molecule has 1 aliphatic rings. The normalized spacial score (nSPS) is 11.4. The number of terminal acetylenes is 1. The van der Waals surface area contributed by atoms with E-state index in [0.717, 1.165) is 11.1 Å². The van der Waals surface area contributed by atoms with Crippen molar-refractivity contribution in [1.29, 1.82) is 0 Å². The lowest BCUT2D eigenvalue weighted by atomic mass is 9.98. The third kappa shape index (κ3) is 4.00. The largest absolute Gasteiger partial charge is 0.449 e. The Kier molecular flexibility index (Phi) is 5.32. The number of carbonyl (C=O) groups excluding carboxylic acids is 1. The van der Waals surface area contributed by atoms with Gasteiger partial charge < -0.3 is 10.1 Å². The van der Waals surface area contributed by atoms with Gasteiger partial charge in [0, 0.05) is 17.0 Å². The molecule has 140 valence electrons. The van der Waals surface area contributed by atoms with Crippen LogP contribution in [0, 0.1) is 24.2 Å². The van der Waals surface area contributed by atoms with Gasteiger partial charge in [-0.3, -0.25) is 0 Å². The van der Waals surface area contributed by atoms with Crippen molar-refractivity contribution in [1.82, 2.24) is 5.32 Å². The van der Waals surface area contributed by atoms with Gasteiger partial charge in [-0.25, -0.2) is 4.79 Å². The first-order valence-electron chi connectivity index (χ1n) is 9.40. The summed E-state index contributed by atoms with van der Waals surface area (Å²) in [6.45, 7) is 0.495. The van der Waals surface area contributed by atoms with Crippen molar-refractivity contribution >= 4 is 6.09 Å². The van der Waals surface area contributed by atoms with Gasteiger partial charge in [0.2, 0.25) is 0 Å². The van der Waals surface area contributed by atoms with Gasteiger partial charge in [-0.1, -0.05) is 72.4 Å². The van der Waals surface area contributed by atoms with E-state index in [9.17, 15) is 4.79 Å². The molecule has 0 aliphatic heterocycles. The molecule has 0 bridgehead atoms. The van der Waals surface area contributed by atoms with Crippen LogP contribution in [-0.2, 0) is 4.74 Å². The fraction of sp³-hybridized carbons (Fsp3) is 0.115. The van der Waals surface area contributed by atoms with Crippen molar-refractivity contribution in [2.45, 2.75) is 5.92 Å². The smallest absolute Gasteiger partial charge is 0.407 e. The summed E-state index contributed by atoms with van der Waals surface area (Å²) in [5.41, 5.74) is 6.38. The van der Waals surface area contributed by atoms with Gasteiger partial charge in [0.1, 0.15) is 6.61 Å². The van der Waals surface area contributed by atoms with Crippen LogP contribution in [0.25, 0.3) is 11.1 Å². The molecule has 29 heavy (non-hydrogen) atoms. The molecule has 1 aliphatic carbocycles. The topological polar surface area (TPSA) is 38.3 Å². The van der Waals surface area contributed by atoms with Gasteiger partial charge in [0.05, 0.1) is 6.54 Å². The summed E-state index contributed by atoms with van der Waals surface area (Å²) in [5, 5.41) is 2.68. The Hall–Kier alpha value is -3.95. The van der Waals surface area contributed by atoms with E-state index in [-0.39, 0.29) is 19.1 Å². The predicted molar refractivity (Wildman–Crippen MR) is 114 cm³/mol. The molecular weight excluding hydrogens is 358 g/mol. The van der Waals surface area contributed by atoms with Crippen LogP contribution in [0.15, 0.2) is 72.8 Å². The van der Waals surface area contributed by atoms with Gasteiger partial charge in [-0.15, -0.1) is 6.42 Å². The number of nitrogens with one attached hydrogen (secondary N) is 1.